The van der Waals surface area contributed by atoms with Crippen LogP contribution in [0.25, 0.3) is 0 Å². The SMILES string of the molecule is O=C(NN=Cc1ccccc1)c1ccc(NC(=O)c2ccccc2Cl)cc1. The topological polar surface area (TPSA) is 70.6 Å². The van der Waals surface area contributed by atoms with Crippen LogP contribution in [0.4, 0.5) is 5.69 Å². The van der Waals surface area contributed by atoms with Crippen LogP contribution in [0.5, 0.6) is 0 Å². The number of carbonyl (C=O) groups is 2. The van der Waals surface area contributed by atoms with E-state index in [-0.39, 0.29) is 11.8 Å². The van der Waals surface area contributed by atoms with Gasteiger partial charge in [0.25, 0.3) is 11.8 Å². The molecule has 27 heavy (non-hydrogen) atoms. The highest BCUT2D eigenvalue weighted by atomic mass is 35.5. The lowest BCUT2D eigenvalue weighted by Crippen LogP contribution is -2.18. The van der Waals surface area contributed by atoms with Gasteiger partial charge in [0, 0.05) is 11.3 Å². The molecule has 5 nitrogen and oxygen atoms in total. The number of nitrogens with one attached hydrogen (secondary N) is 2. The summed E-state index contributed by atoms with van der Waals surface area (Å²) < 4.78 is 0. The van der Waals surface area contributed by atoms with Gasteiger partial charge < -0.3 is 5.32 Å². The number of halogens is 1. The molecule has 2 amide bonds. The van der Waals surface area contributed by atoms with Crippen molar-refractivity contribution < 1.29 is 9.59 Å². The van der Waals surface area contributed by atoms with Crippen molar-refractivity contribution in [2.75, 3.05) is 5.32 Å². The second-order valence-electron chi connectivity index (χ2n) is 5.62. The van der Waals surface area contributed by atoms with Gasteiger partial charge in [0.05, 0.1) is 16.8 Å². The Kier molecular flexibility index (Phi) is 5.97. The van der Waals surface area contributed by atoms with Crippen LogP contribution >= 0.6 is 11.6 Å². The highest BCUT2D eigenvalue weighted by Gasteiger charge is 2.10. The lowest BCUT2D eigenvalue weighted by atomic mass is 10.1. The van der Waals surface area contributed by atoms with E-state index in [1.165, 1.54) is 0 Å². The average Bonchev–Trinajstić information content (AvgIpc) is 2.69. The normalized spacial score (nSPS) is 10.6. The van der Waals surface area contributed by atoms with Crippen molar-refractivity contribution in [1.29, 1.82) is 0 Å². The van der Waals surface area contributed by atoms with Crippen LogP contribution < -0.4 is 10.7 Å². The molecule has 0 aliphatic heterocycles. The minimum absolute atomic E-state index is 0.315. The van der Waals surface area contributed by atoms with Crippen molar-refractivity contribution in [3.8, 4) is 0 Å². The molecule has 0 unspecified atom stereocenters. The van der Waals surface area contributed by atoms with E-state index in [1.54, 1.807) is 54.7 Å². The zero-order chi connectivity index (χ0) is 19.1. The number of benzene rings is 3. The summed E-state index contributed by atoms with van der Waals surface area (Å²) in [5, 5.41) is 7.05. The molecule has 0 atom stereocenters. The van der Waals surface area contributed by atoms with Crippen molar-refractivity contribution >= 4 is 35.3 Å². The number of hydrogen-bond donors (Lipinski definition) is 2. The standard InChI is InChI=1S/C21H16ClN3O2/c22-19-9-5-4-8-18(19)21(27)24-17-12-10-16(11-13-17)20(26)25-23-14-15-6-2-1-3-7-15/h1-14H,(H,24,27)(H,25,26). The summed E-state index contributed by atoms with van der Waals surface area (Å²) in [6.07, 6.45) is 1.57. The van der Waals surface area contributed by atoms with Crippen LogP contribution in [0, 0.1) is 0 Å². The van der Waals surface area contributed by atoms with Crippen LogP contribution in [-0.4, -0.2) is 18.0 Å². The van der Waals surface area contributed by atoms with Crippen LogP contribution in [0.3, 0.4) is 0 Å². The molecule has 0 fully saturated rings. The summed E-state index contributed by atoms with van der Waals surface area (Å²) in [5.74, 6) is -0.656. The van der Waals surface area contributed by atoms with Gasteiger partial charge in [-0.1, -0.05) is 54.1 Å². The molecule has 3 rings (SSSR count). The first-order valence-electron chi connectivity index (χ1n) is 8.18. The van der Waals surface area contributed by atoms with Gasteiger partial charge in [-0.25, -0.2) is 5.43 Å². The van der Waals surface area contributed by atoms with E-state index in [0.717, 1.165) is 5.56 Å². The van der Waals surface area contributed by atoms with E-state index >= 15 is 0 Å². The molecule has 3 aromatic rings. The zero-order valence-corrected chi connectivity index (χ0v) is 15.0. The molecular weight excluding hydrogens is 362 g/mol. The fourth-order valence-corrected chi connectivity index (χ4v) is 2.54. The van der Waals surface area contributed by atoms with E-state index < -0.39 is 0 Å². The lowest BCUT2D eigenvalue weighted by molar-refractivity contribution is 0.0954. The highest BCUT2D eigenvalue weighted by Crippen LogP contribution is 2.17. The molecule has 0 aliphatic rings. The third-order valence-corrected chi connectivity index (χ3v) is 4.03. The monoisotopic (exact) mass is 377 g/mol. The second-order valence-corrected chi connectivity index (χ2v) is 6.03. The smallest absolute Gasteiger partial charge is 0.271 e. The van der Waals surface area contributed by atoms with Crippen LogP contribution in [0.15, 0.2) is 84.0 Å². The first-order chi connectivity index (χ1) is 13.1. The Morgan fingerprint density at radius 1 is 0.815 bits per heavy atom. The minimum atomic E-state index is -0.342. The van der Waals surface area contributed by atoms with E-state index in [2.05, 4.69) is 15.8 Å². The molecule has 6 heteroatoms. The van der Waals surface area contributed by atoms with E-state index in [9.17, 15) is 9.59 Å². The minimum Gasteiger partial charge on any atom is -0.322 e. The van der Waals surface area contributed by atoms with Crippen LogP contribution in [0.1, 0.15) is 26.3 Å². The van der Waals surface area contributed by atoms with Gasteiger partial charge in [-0.2, -0.15) is 5.10 Å². The van der Waals surface area contributed by atoms with Crippen LogP contribution in [0.2, 0.25) is 5.02 Å². The van der Waals surface area contributed by atoms with Gasteiger partial charge in [-0.3, -0.25) is 9.59 Å². The molecule has 0 aliphatic carbocycles. The fourth-order valence-electron chi connectivity index (χ4n) is 2.32. The fraction of sp³-hybridized carbons (Fsp3) is 0. The number of anilines is 1. The predicted octanol–water partition coefficient (Wildman–Crippen LogP) is 4.36. The van der Waals surface area contributed by atoms with E-state index in [0.29, 0.717) is 21.8 Å². The number of nitrogens with zero attached hydrogens (tertiary/aromatic N) is 1. The Balaban J connectivity index is 1.59. The number of hydrazone groups is 1. The molecule has 134 valence electrons. The third kappa shape index (κ3) is 5.03. The molecule has 0 spiro atoms. The summed E-state index contributed by atoms with van der Waals surface area (Å²) in [5.41, 5.74) is 4.72. The first kappa shape index (κ1) is 18.4. The zero-order valence-electron chi connectivity index (χ0n) is 14.2. The van der Waals surface area contributed by atoms with Crippen molar-refractivity contribution in [3.63, 3.8) is 0 Å². The second kappa shape index (κ2) is 8.78. The van der Waals surface area contributed by atoms with E-state index in [1.807, 2.05) is 30.3 Å². The number of rotatable bonds is 5. The number of carbonyl (C=O) groups excluding carboxylic acids is 2. The number of hydrogen-bond acceptors (Lipinski definition) is 3. The Bertz CT molecular complexity index is 970. The maximum absolute atomic E-state index is 12.2. The molecule has 0 heterocycles. The number of amides is 2. The van der Waals surface area contributed by atoms with E-state index in [4.69, 9.17) is 11.6 Å². The van der Waals surface area contributed by atoms with Gasteiger partial charge in [0.1, 0.15) is 0 Å². The molecule has 0 bridgehead atoms. The summed E-state index contributed by atoms with van der Waals surface area (Å²) in [6, 6.07) is 22.7. The van der Waals surface area contributed by atoms with Gasteiger partial charge >= 0.3 is 0 Å². The van der Waals surface area contributed by atoms with Crippen molar-refractivity contribution in [2.24, 2.45) is 5.10 Å². The molecule has 0 aromatic heterocycles. The Morgan fingerprint density at radius 3 is 2.19 bits per heavy atom. The predicted molar refractivity (Wildman–Crippen MR) is 107 cm³/mol. The summed E-state index contributed by atoms with van der Waals surface area (Å²) >= 11 is 6.02. The molecular formula is C21H16ClN3O2. The first-order valence-corrected chi connectivity index (χ1v) is 8.56. The summed E-state index contributed by atoms with van der Waals surface area (Å²) in [4.78, 5) is 24.3. The third-order valence-electron chi connectivity index (χ3n) is 3.70. The van der Waals surface area contributed by atoms with Gasteiger partial charge in [-0.05, 0) is 42.0 Å². The van der Waals surface area contributed by atoms with Gasteiger partial charge in [0.2, 0.25) is 0 Å². The lowest BCUT2D eigenvalue weighted by Gasteiger charge is -2.07. The Morgan fingerprint density at radius 2 is 1.48 bits per heavy atom. The van der Waals surface area contributed by atoms with Crippen molar-refractivity contribution in [3.05, 3.63) is 101 Å². The molecule has 0 saturated heterocycles. The highest BCUT2D eigenvalue weighted by molar-refractivity contribution is 6.34. The largest absolute Gasteiger partial charge is 0.322 e. The van der Waals surface area contributed by atoms with Crippen LogP contribution in [-0.2, 0) is 0 Å². The molecule has 3 aromatic carbocycles. The van der Waals surface area contributed by atoms with Gasteiger partial charge in [-0.15, -0.1) is 0 Å². The van der Waals surface area contributed by atoms with Gasteiger partial charge in [0.15, 0.2) is 0 Å². The summed E-state index contributed by atoms with van der Waals surface area (Å²) in [6.45, 7) is 0. The van der Waals surface area contributed by atoms with Crippen molar-refractivity contribution in [1.82, 2.24) is 5.43 Å². The quantitative estimate of drug-likeness (QED) is 0.512. The summed E-state index contributed by atoms with van der Waals surface area (Å²) in [7, 11) is 0. The maximum atomic E-state index is 12.2. The average molecular weight is 378 g/mol. The van der Waals surface area contributed by atoms with Crippen molar-refractivity contribution in [2.45, 2.75) is 0 Å². The Labute approximate surface area is 161 Å². The molecule has 0 saturated carbocycles. The maximum Gasteiger partial charge on any atom is 0.271 e. The Hall–Kier alpha value is -3.44. The molecule has 0 radical (unpaired) electrons. The molecule has 2 N–H and O–H groups in total.